The number of hydrogen-bond acceptors (Lipinski definition) is 4. The average Bonchev–Trinajstić information content (AvgIpc) is 3.31. The second-order valence-corrected chi connectivity index (χ2v) is 6.14. The van der Waals surface area contributed by atoms with Crippen molar-refractivity contribution in [1.82, 2.24) is 15.5 Å². The molecule has 0 atom stereocenters. The van der Waals surface area contributed by atoms with Crippen molar-refractivity contribution >= 4 is 5.91 Å². The molecule has 0 aliphatic heterocycles. The van der Waals surface area contributed by atoms with E-state index >= 15 is 0 Å². The van der Waals surface area contributed by atoms with Gasteiger partial charge in [-0.1, -0.05) is 23.4 Å². The highest BCUT2D eigenvalue weighted by Crippen LogP contribution is 2.48. The van der Waals surface area contributed by atoms with Crippen LogP contribution in [0.4, 0.5) is 4.39 Å². The maximum atomic E-state index is 13.9. The average molecular weight is 337 g/mol. The fraction of sp³-hybridized carbons (Fsp3) is 0.211. The van der Waals surface area contributed by atoms with E-state index in [2.05, 4.69) is 15.5 Å². The first kappa shape index (κ1) is 15.5. The third-order valence-electron chi connectivity index (χ3n) is 4.48. The van der Waals surface area contributed by atoms with Crippen molar-refractivity contribution in [2.24, 2.45) is 0 Å². The number of carbonyl (C=O) groups excluding carboxylic acids is 1. The molecule has 1 aliphatic carbocycles. The van der Waals surface area contributed by atoms with Gasteiger partial charge in [-0.25, -0.2) is 4.39 Å². The zero-order valence-corrected chi connectivity index (χ0v) is 13.4. The Morgan fingerprint density at radius 1 is 1.20 bits per heavy atom. The predicted molar refractivity (Wildman–Crippen MR) is 88.9 cm³/mol. The van der Waals surface area contributed by atoms with Crippen molar-refractivity contribution in [1.29, 1.82) is 0 Å². The maximum absolute atomic E-state index is 13.9. The maximum Gasteiger partial charge on any atom is 0.232 e. The molecule has 0 bridgehead atoms. The Labute approximate surface area is 143 Å². The number of aromatic nitrogens is 2. The van der Waals surface area contributed by atoms with Gasteiger partial charge in [0.15, 0.2) is 5.76 Å². The number of benzene rings is 1. The summed E-state index contributed by atoms with van der Waals surface area (Å²) >= 11 is 0. The molecule has 25 heavy (non-hydrogen) atoms. The molecule has 0 radical (unpaired) electrons. The summed E-state index contributed by atoms with van der Waals surface area (Å²) in [5.74, 6) is -0.155. The van der Waals surface area contributed by atoms with Gasteiger partial charge in [-0.2, -0.15) is 0 Å². The molecule has 1 saturated carbocycles. The molecule has 1 aliphatic rings. The number of hydrogen-bond donors (Lipinski definition) is 1. The molecule has 4 rings (SSSR count). The number of halogens is 1. The normalized spacial score (nSPS) is 14.9. The third-order valence-corrected chi connectivity index (χ3v) is 4.48. The molecule has 0 saturated heterocycles. The largest absolute Gasteiger partial charge is 0.356 e. The monoisotopic (exact) mass is 337 g/mol. The Kier molecular flexibility index (Phi) is 3.80. The third kappa shape index (κ3) is 2.91. The molecule has 0 spiro atoms. The Morgan fingerprint density at radius 3 is 2.72 bits per heavy atom. The molecule has 1 N–H and O–H groups in total. The summed E-state index contributed by atoms with van der Waals surface area (Å²) in [4.78, 5) is 16.8. The highest BCUT2D eigenvalue weighted by Gasteiger charge is 2.53. The molecule has 1 fully saturated rings. The number of nitrogens with one attached hydrogen (secondary N) is 1. The molecule has 1 amide bonds. The van der Waals surface area contributed by atoms with Crippen LogP contribution in [0.3, 0.4) is 0 Å². The first-order valence-corrected chi connectivity index (χ1v) is 8.09. The van der Waals surface area contributed by atoms with Crippen LogP contribution in [0.15, 0.2) is 59.3 Å². The van der Waals surface area contributed by atoms with Crippen LogP contribution in [-0.2, 0) is 16.8 Å². The van der Waals surface area contributed by atoms with E-state index in [1.54, 1.807) is 30.5 Å². The summed E-state index contributed by atoms with van der Waals surface area (Å²) in [6, 6.07) is 13.5. The van der Waals surface area contributed by atoms with E-state index in [9.17, 15) is 9.18 Å². The summed E-state index contributed by atoms with van der Waals surface area (Å²) in [6.45, 7) is 0.361. The minimum Gasteiger partial charge on any atom is -0.356 e. The molecule has 126 valence electrons. The topological polar surface area (TPSA) is 68.0 Å². The summed E-state index contributed by atoms with van der Waals surface area (Å²) in [5, 5.41) is 6.93. The van der Waals surface area contributed by atoms with E-state index in [1.807, 2.05) is 18.2 Å². The summed E-state index contributed by atoms with van der Waals surface area (Å²) < 4.78 is 19.2. The summed E-state index contributed by atoms with van der Waals surface area (Å²) in [7, 11) is 0. The smallest absolute Gasteiger partial charge is 0.232 e. The van der Waals surface area contributed by atoms with E-state index in [0.29, 0.717) is 36.4 Å². The fourth-order valence-corrected chi connectivity index (χ4v) is 2.86. The Balaban J connectivity index is 1.51. The second kappa shape index (κ2) is 6.12. The quantitative estimate of drug-likeness (QED) is 0.776. The van der Waals surface area contributed by atoms with Crippen molar-refractivity contribution in [2.75, 3.05) is 0 Å². The van der Waals surface area contributed by atoms with Crippen LogP contribution in [0.5, 0.6) is 0 Å². The molecule has 0 unspecified atom stereocenters. The first-order chi connectivity index (χ1) is 12.2. The van der Waals surface area contributed by atoms with Gasteiger partial charge in [0, 0.05) is 12.3 Å². The van der Waals surface area contributed by atoms with Gasteiger partial charge in [-0.15, -0.1) is 0 Å². The van der Waals surface area contributed by atoms with Crippen LogP contribution in [0.2, 0.25) is 0 Å². The predicted octanol–water partition coefficient (Wildman–Crippen LogP) is 3.22. The zero-order valence-electron chi connectivity index (χ0n) is 13.4. The molecular formula is C19H16FN3O2. The molecule has 2 heterocycles. The van der Waals surface area contributed by atoms with Gasteiger partial charge in [-0.3, -0.25) is 9.78 Å². The number of carbonyl (C=O) groups is 1. The minimum atomic E-state index is -0.679. The highest BCUT2D eigenvalue weighted by molar-refractivity contribution is 5.90. The SMILES string of the molecule is O=C(NCc1ccccn1)C1(c2cc(-c3ccccc3F)on2)CC1. The van der Waals surface area contributed by atoms with Crippen molar-refractivity contribution in [2.45, 2.75) is 24.8 Å². The van der Waals surface area contributed by atoms with Crippen molar-refractivity contribution < 1.29 is 13.7 Å². The fourth-order valence-electron chi connectivity index (χ4n) is 2.86. The zero-order chi connectivity index (χ0) is 17.3. The second-order valence-electron chi connectivity index (χ2n) is 6.14. The van der Waals surface area contributed by atoms with E-state index < -0.39 is 5.41 Å². The van der Waals surface area contributed by atoms with Crippen LogP contribution in [0.1, 0.15) is 24.2 Å². The van der Waals surface area contributed by atoms with Crippen LogP contribution in [0.25, 0.3) is 11.3 Å². The van der Waals surface area contributed by atoms with E-state index in [1.165, 1.54) is 6.07 Å². The van der Waals surface area contributed by atoms with E-state index in [-0.39, 0.29) is 11.7 Å². The molecule has 2 aromatic heterocycles. The van der Waals surface area contributed by atoms with Gasteiger partial charge in [0.05, 0.1) is 28.9 Å². The molecule has 3 aromatic rings. The summed E-state index contributed by atoms with van der Waals surface area (Å²) in [5.41, 5.74) is 0.996. The highest BCUT2D eigenvalue weighted by atomic mass is 19.1. The lowest BCUT2D eigenvalue weighted by Gasteiger charge is -2.12. The number of amides is 1. The molecule has 5 nitrogen and oxygen atoms in total. The molecular weight excluding hydrogens is 321 g/mol. The van der Waals surface area contributed by atoms with Gasteiger partial charge >= 0.3 is 0 Å². The van der Waals surface area contributed by atoms with Crippen molar-refractivity contribution in [3.05, 3.63) is 71.9 Å². The standard InChI is InChI=1S/C19H16FN3O2/c20-15-7-2-1-6-14(15)16-11-17(23-25-16)19(8-9-19)18(24)22-12-13-5-3-4-10-21-13/h1-7,10-11H,8-9,12H2,(H,22,24). The van der Waals surface area contributed by atoms with Crippen LogP contribution in [0, 0.1) is 5.82 Å². The minimum absolute atomic E-state index is 0.105. The van der Waals surface area contributed by atoms with Crippen LogP contribution >= 0.6 is 0 Å². The van der Waals surface area contributed by atoms with Gasteiger partial charge < -0.3 is 9.84 Å². The number of rotatable bonds is 5. The number of pyridine rings is 1. The summed E-state index contributed by atoms with van der Waals surface area (Å²) in [6.07, 6.45) is 3.08. The lowest BCUT2D eigenvalue weighted by molar-refractivity contribution is -0.123. The Hall–Kier alpha value is -3.02. The van der Waals surface area contributed by atoms with Gasteiger partial charge in [0.25, 0.3) is 0 Å². The van der Waals surface area contributed by atoms with E-state index in [0.717, 1.165) is 5.69 Å². The lowest BCUT2D eigenvalue weighted by Crippen LogP contribution is -2.34. The lowest BCUT2D eigenvalue weighted by atomic mass is 10.00. The first-order valence-electron chi connectivity index (χ1n) is 8.09. The molecule has 1 aromatic carbocycles. The van der Waals surface area contributed by atoms with Gasteiger partial charge in [-0.05, 0) is 37.1 Å². The van der Waals surface area contributed by atoms with Crippen LogP contribution in [-0.4, -0.2) is 16.0 Å². The molecule has 6 heteroatoms. The van der Waals surface area contributed by atoms with Gasteiger partial charge in [0.1, 0.15) is 5.82 Å². The van der Waals surface area contributed by atoms with Gasteiger partial charge in [0.2, 0.25) is 5.91 Å². The van der Waals surface area contributed by atoms with Crippen LogP contribution < -0.4 is 5.32 Å². The van der Waals surface area contributed by atoms with Crippen molar-refractivity contribution in [3.63, 3.8) is 0 Å². The van der Waals surface area contributed by atoms with Crippen molar-refractivity contribution in [3.8, 4) is 11.3 Å². The Morgan fingerprint density at radius 2 is 2.00 bits per heavy atom. The Bertz CT molecular complexity index is 904. The number of nitrogens with zero attached hydrogens (tertiary/aromatic N) is 2. The van der Waals surface area contributed by atoms with E-state index in [4.69, 9.17) is 4.52 Å².